The topological polar surface area (TPSA) is 52.1 Å². The molecule has 2 rings (SSSR count). The summed E-state index contributed by atoms with van der Waals surface area (Å²) in [4.78, 5) is 11.8. The number of carbonyl (C=O) groups excluding carboxylic acids is 1. The molecule has 0 N–H and O–H groups in total. The summed E-state index contributed by atoms with van der Waals surface area (Å²) in [5.74, 6) is 0.114. The average molecular weight is 212 g/mol. The van der Waals surface area contributed by atoms with Crippen LogP contribution in [0.2, 0.25) is 0 Å². The second-order valence-corrected chi connectivity index (χ2v) is 4.29. The number of hydrogen-bond acceptors (Lipinski definition) is 5. The molecule has 1 aliphatic rings. The summed E-state index contributed by atoms with van der Waals surface area (Å²) >= 11 is 1.27. The largest absolute Gasteiger partial charge is 0.367 e. The Labute approximate surface area is 86.4 Å². The third-order valence-electron chi connectivity index (χ3n) is 2.56. The number of nitrogens with zero attached hydrogens (tertiary/aromatic N) is 2. The highest BCUT2D eigenvalue weighted by molar-refractivity contribution is 7.03. The fourth-order valence-corrected chi connectivity index (χ4v) is 2.06. The number of ketones is 1. The van der Waals surface area contributed by atoms with Gasteiger partial charge in [0.15, 0.2) is 5.78 Å². The summed E-state index contributed by atoms with van der Waals surface area (Å²) in [5, 5.41) is 5.65. The molecule has 76 valence electrons. The monoisotopic (exact) mass is 212 g/mol. The van der Waals surface area contributed by atoms with Crippen molar-refractivity contribution in [2.45, 2.75) is 31.8 Å². The number of ether oxygens (including phenoxy) is 1. The fourth-order valence-electron chi connectivity index (χ4n) is 1.61. The van der Waals surface area contributed by atoms with Crippen LogP contribution in [0.3, 0.4) is 0 Å². The second kappa shape index (κ2) is 3.74. The van der Waals surface area contributed by atoms with E-state index in [-0.39, 0.29) is 5.78 Å². The van der Waals surface area contributed by atoms with Gasteiger partial charge in [0.1, 0.15) is 5.60 Å². The lowest BCUT2D eigenvalue weighted by Crippen LogP contribution is -2.35. The van der Waals surface area contributed by atoms with E-state index in [1.807, 2.05) is 6.92 Å². The number of aromatic nitrogens is 2. The predicted molar refractivity (Wildman–Crippen MR) is 52.2 cm³/mol. The van der Waals surface area contributed by atoms with Gasteiger partial charge in [0.05, 0.1) is 12.1 Å². The van der Waals surface area contributed by atoms with E-state index >= 15 is 0 Å². The first-order chi connectivity index (χ1) is 6.71. The maximum atomic E-state index is 11.8. The minimum absolute atomic E-state index is 0.114. The molecule has 0 spiro atoms. The Kier molecular flexibility index (Phi) is 2.60. The second-order valence-electron chi connectivity index (χ2n) is 3.68. The molecule has 14 heavy (non-hydrogen) atoms. The quantitative estimate of drug-likeness (QED) is 0.756. The zero-order chi connectivity index (χ0) is 10.0. The van der Waals surface area contributed by atoms with Gasteiger partial charge in [-0.05, 0) is 31.3 Å². The highest BCUT2D eigenvalue weighted by Crippen LogP contribution is 2.27. The normalized spacial score (nSPS) is 26.6. The fraction of sp³-hybridized carbons (Fsp3) is 0.667. The van der Waals surface area contributed by atoms with E-state index in [1.54, 1.807) is 5.38 Å². The number of Topliss-reactive ketones (excluding diaryl/α,β-unsaturated/α-hetero) is 1. The van der Waals surface area contributed by atoms with Crippen LogP contribution >= 0.6 is 11.5 Å². The van der Waals surface area contributed by atoms with Crippen LogP contribution in [0.4, 0.5) is 0 Å². The van der Waals surface area contributed by atoms with Gasteiger partial charge in [-0.2, -0.15) is 0 Å². The maximum Gasteiger partial charge on any atom is 0.170 e. The van der Waals surface area contributed by atoms with Gasteiger partial charge in [0.2, 0.25) is 0 Å². The van der Waals surface area contributed by atoms with Gasteiger partial charge >= 0.3 is 0 Å². The molecule has 0 bridgehead atoms. The minimum Gasteiger partial charge on any atom is -0.367 e. The van der Waals surface area contributed by atoms with Crippen LogP contribution in [0, 0.1) is 0 Å². The van der Waals surface area contributed by atoms with Crippen LogP contribution in [0.25, 0.3) is 0 Å². The molecule has 1 atom stereocenters. The van der Waals surface area contributed by atoms with Crippen molar-refractivity contribution in [2.24, 2.45) is 0 Å². The Balaban J connectivity index is 2.02. The van der Waals surface area contributed by atoms with E-state index in [1.165, 1.54) is 11.5 Å². The van der Waals surface area contributed by atoms with Crippen molar-refractivity contribution >= 4 is 17.3 Å². The van der Waals surface area contributed by atoms with Gasteiger partial charge in [-0.3, -0.25) is 4.79 Å². The first-order valence-corrected chi connectivity index (χ1v) is 5.47. The van der Waals surface area contributed by atoms with E-state index < -0.39 is 5.60 Å². The predicted octanol–water partition coefficient (Wildman–Crippen LogP) is 1.22. The molecule has 0 aromatic carbocycles. The lowest BCUT2D eigenvalue weighted by atomic mass is 9.94. The molecule has 4 nitrogen and oxygen atoms in total. The van der Waals surface area contributed by atoms with Crippen molar-refractivity contribution in [1.82, 2.24) is 9.59 Å². The van der Waals surface area contributed by atoms with Crippen LogP contribution in [-0.2, 0) is 16.0 Å². The first-order valence-electron chi connectivity index (χ1n) is 4.64. The SMILES string of the molecule is CC1(C(=O)Cc2csnn2)CCCO1. The van der Waals surface area contributed by atoms with Crippen LogP contribution in [0.1, 0.15) is 25.5 Å². The van der Waals surface area contributed by atoms with Crippen molar-refractivity contribution in [2.75, 3.05) is 6.61 Å². The average Bonchev–Trinajstić information content (AvgIpc) is 2.76. The molecule has 0 radical (unpaired) electrons. The molecule has 5 heteroatoms. The highest BCUT2D eigenvalue weighted by atomic mass is 32.1. The molecular weight excluding hydrogens is 200 g/mol. The Morgan fingerprint density at radius 3 is 3.21 bits per heavy atom. The molecule has 0 amide bonds. The standard InChI is InChI=1S/C9H12N2O2S/c1-9(3-2-4-13-9)8(12)5-7-6-14-11-10-7/h6H,2-5H2,1H3. The Hall–Kier alpha value is -0.810. The number of rotatable bonds is 3. The van der Waals surface area contributed by atoms with Crippen LogP contribution in [-0.4, -0.2) is 27.6 Å². The summed E-state index contributed by atoms with van der Waals surface area (Å²) in [6.07, 6.45) is 2.13. The van der Waals surface area contributed by atoms with Crippen LogP contribution in [0.15, 0.2) is 5.38 Å². The van der Waals surface area contributed by atoms with Crippen LogP contribution in [0.5, 0.6) is 0 Å². The van der Waals surface area contributed by atoms with Gasteiger partial charge in [-0.15, -0.1) is 5.10 Å². The van der Waals surface area contributed by atoms with E-state index in [9.17, 15) is 4.79 Å². The Morgan fingerprint density at radius 2 is 2.64 bits per heavy atom. The van der Waals surface area contributed by atoms with Crippen molar-refractivity contribution in [1.29, 1.82) is 0 Å². The molecule has 1 fully saturated rings. The first kappa shape index (κ1) is 9.73. The highest BCUT2D eigenvalue weighted by Gasteiger charge is 2.37. The smallest absolute Gasteiger partial charge is 0.170 e. The summed E-state index contributed by atoms with van der Waals surface area (Å²) in [6, 6.07) is 0. The van der Waals surface area contributed by atoms with Crippen LogP contribution < -0.4 is 0 Å². The lowest BCUT2D eigenvalue weighted by Gasteiger charge is -2.20. The van der Waals surface area contributed by atoms with E-state index in [0.29, 0.717) is 13.0 Å². The summed E-state index contributed by atoms with van der Waals surface area (Å²) in [6.45, 7) is 2.56. The van der Waals surface area contributed by atoms with Crippen molar-refractivity contribution in [3.05, 3.63) is 11.1 Å². The number of hydrogen-bond donors (Lipinski definition) is 0. The molecule has 1 aromatic heterocycles. The van der Waals surface area contributed by atoms with Crippen molar-refractivity contribution in [3.8, 4) is 0 Å². The lowest BCUT2D eigenvalue weighted by molar-refractivity contribution is -0.136. The van der Waals surface area contributed by atoms with Gasteiger partial charge in [-0.25, -0.2) is 0 Å². The van der Waals surface area contributed by atoms with Gasteiger partial charge in [0, 0.05) is 12.0 Å². The van der Waals surface area contributed by atoms with Gasteiger partial charge < -0.3 is 4.74 Å². The Morgan fingerprint density at radius 1 is 1.79 bits per heavy atom. The van der Waals surface area contributed by atoms with Gasteiger partial charge in [-0.1, -0.05) is 4.49 Å². The molecule has 1 aliphatic heterocycles. The summed E-state index contributed by atoms with van der Waals surface area (Å²) < 4.78 is 9.18. The third kappa shape index (κ3) is 1.83. The molecular formula is C9H12N2O2S. The van der Waals surface area contributed by atoms with Crippen molar-refractivity contribution in [3.63, 3.8) is 0 Å². The zero-order valence-electron chi connectivity index (χ0n) is 8.02. The molecule has 0 aliphatic carbocycles. The van der Waals surface area contributed by atoms with E-state index in [0.717, 1.165) is 18.5 Å². The van der Waals surface area contributed by atoms with Gasteiger partial charge in [0.25, 0.3) is 0 Å². The third-order valence-corrected chi connectivity index (χ3v) is 3.11. The summed E-state index contributed by atoms with van der Waals surface area (Å²) in [7, 11) is 0. The summed E-state index contributed by atoms with van der Waals surface area (Å²) in [5.41, 5.74) is 0.167. The zero-order valence-corrected chi connectivity index (χ0v) is 8.84. The molecule has 1 aromatic rings. The molecule has 1 unspecified atom stereocenters. The van der Waals surface area contributed by atoms with E-state index in [4.69, 9.17) is 4.74 Å². The maximum absolute atomic E-state index is 11.8. The molecule has 2 heterocycles. The minimum atomic E-state index is -0.580. The molecule has 1 saturated heterocycles. The number of carbonyl (C=O) groups is 1. The van der Waals surface area contributed by atoms with E-state index in [2.05, 4.69) is 9.59 Å². The van der Waals surface area contributed by atoms with Crippen molar-refractivity contribution < 1.29 is 9.53 Å². The molecule has 0 saturated carbocycles. The Bertz CT molecular complexity index is 318.